The van der Waals surface area contributed by atoms with Crippen molar-refractivity contribution in [3.05, 3.63) is 66.7 Å². The van der Waals surface area contributed by atoms with Gasteiger partial charge in [-0.3, -0.25) is 0 Å². The van der Waals surface area contributed by atoms with Gasteiger partial charge in [0.2, 0.25) is 0 Å². The first-order chi connectivity index (χ1) is 12.8. The van der Waals surface area contributed by atoms with Crippen molar-refractivity contribution in [2.24, 2.45) is 0 Å². The molecule has 2 heterocycles. The van der Waals surface area contributed by atoms with Crippen molar-refractivity contribution in [2.75, 3.05) is 18.5 Å². The van der Waals surface area contributed by atoms with Gasteiger partial charge in [-0.25, -0.2) is 9.97 Å². The molecule has 0 bridgehead atoms. The van der Waals surface area contributed by atoms with Crippen LogP contribution in [-0.4, -0.2) is 28.2 Å². The van der Waals surface area contributed by atoms with Crippen molar-refractivity contribution >= 4 is 27.4 Å². The van der Waals surface area contributed by atoms with Crippen LogP contribution in [0.4, 0.5) is 5.82 Å². The minimum absolute atomic E-state index is 0.158. The zero-order chi connectivity index (χ0) is 17.8. The van der Waals surface area contributed by atoms with Crippen molar-refractivity contribution < 1.29 is 5.11 Å². The summed E-state index contributed by atoms with van der Waals surface area (Å²) in [5.41, 5.74) is 2.17. The van der Waals surface area contributed by atoms with E-state index in [2.05, 4.69) is 23.5 Å². The lowest BCUT2D eigenvalue weighted by atomic mass is 10.2. The van der Waals surface area contributed by atoms with Gasteiger partial charge < -0.3 is 10.4 Å². The van der Waals surface area contributed by atoms with Crippen LogP contribution in [0.3, 0.4) is 0 Å². The number of benzene rings is 2. The summed E-state index contributed by atoms with van der Waals surface area (Å²) in [5.74, 6) is 1.53. The van der Waals surface area contributed by atoms with Crippen LogP contribution in [0.15, 0.2) is 66.7 Å². The second-order valence-corrected chi connectivity index (χ2v) is 6.99. The number of nitrogens with zero attached hydrogens (tertiary/aromatic N) is 2. The topological polar surface area (TPSA) is 58.0 Å². The Morgan fingerprint density at radius 2 is 1.58 bits per heavy atom. The van der Waals surface area contributed by atoms with Crippen molar-refractivity contribution in [1.29, 1.82) is 0 Å². The number of hydrogen-bond donors (Lipinski definition) is 2. The minimum Gasteiger partial charge on any atom is -0.396 e. The Bertz CT molecular complexity index is 1000. The van der Waals surface area contributed by atoms with Crippen LogP contribution in [0.25, 0.3) is 32.0 Å². The molecule has 0 fully saturated rings. The molecule has 2 aromatic carbocycles. The van der Waals surface area contributed by atoms with Gasteiger partial charge in [0, 0.05) is 23.6 Å². The van der Waals surface area contributed by atoms with Gasteiger partial charge in [0.05, 0.1) is 5.39 Å². The smallest absolute Gasteiger partial charge is 0.163 e. The molecule has 0 radical (unpaired) electrons. The molecule has 4 rings (SSSR count). The predicted molar refractivity (Wildman–Crippen MR) is 108 cm³/mol. The first kappa shape index (κ1) is 16.7. The lowest BCUT2D eigenvalue weighted by Crippen LogP contribution is -2.06. The molecule has 130 valence electrons. The molecule has 0 atom stereocenters. The molecule has 2 N–H and O–H groups in total. The maximum absolute atomic E-state index is 9.07. The van der Waals surface area contributed by atoms with Gasteiger partial charge in [0.1, 0.15) is 10.6 Å². The summed E-state index contributed by atoms with van der Waals surface area (Å²) in [4.78, 5) is 11.7. The monoisotopic (exact) mass is 361 g/mol. The Morgan fingerprint density at radius 1 is 0.885 bits per heavy atom. The number of aliphatic hydroxyl groups excluding tert-OH is 1. The summed E-state index contributed by atoms with van der Waals surface area (Å²) in [6.07, 6.45) is 0.682. The highest BCUT2D eigenvalue weighted by molar-refractivity contribution is 7.21. The minimum atomic E-state index is 0.158. The fourth-order valence-electron chi connectivity index (χ4n) is 2.80. The first-order valence-electron chi connectivity index (χ1n) is 8.62. The Balaban J connectivity index is 1.82. The Hall–Kier alpha value is -2.76. The Kier molecular flexibility index (Phi) is 4.91. The standard InChI is InChI=1S/C21H19N3OS/c25-13-7-12-22-20-17-14-18(15-8-3-1-4-9-15)26-21(17)24-19(23-20)16-10-5-2-6-11-16/h1-6,8-11,14,25H,7,12-13H2,(H,22,23,24). The average Bonchev–Trinajstić information content (AvgIpc) is 3.14. The molecule has 0 spiro atoms. The maximum atomic E-state index is 9.07. The molecule has 0 aliphatic rings. The average molecular weight is 361 g/mol. The molecule has 0 amide bonds. The fraction of sp³-hybridized carbons (Fsp3) is 0.143. The number of thiophene rings is 1. The van der Waals surface area contributed by atoms with Crippen LogP contribution >= 0.6 is 11.3 Å². The number of fused-ring (bicyclic) bond motifs is 1. The van der Waals surface area contributed by atoms with E-state index < -0.39 is 0 Å². The van der Waals surface area contributed by atoms with Gasteiger partial charge in [-0.15, -0.1) is 11.3 Å². The van der Waals surface area contributed by atoms with Gasteiger partial charge in [-0.2, -0.15) is 0 Å². The highest BCUT2D eigenvalue weighted by Gasteiger charge is 2.13. The maximum Gasteiger partial charge on any atom is 0.163 e. The molecule has 4 nitrogen and oxygen atoms in total. The van der Waals surface area contributed by atoms with Crippen LogP contribution in [0.2, 0.25) is 0 Å². The fourth-order valence-corrected chi connectivity index (χ4v) is 3.84. The summed E-state index contributed by atoms with van der Waals surface area (Å²) < 4.78 is 0. The van der Waals surface area contributed by atoms with Crippen molar-refractivity contribution in [3.8, 4) is 21.8 Å². The predicted octanol–water partition coefficient (Wildman–Crippen LogP) is 4.82. The zero-order valence-corrected chi connectivity index (χ0v) is 15.0. The summed E-state index contributed by atoms with van der Waals surface area (Å²) in [5, 5.41) is 13.5. The third-order valence-corrected chi connectivity index (χ3v) is 5.19. The highest BCUT2D eigenvalue weighted by atomic mass is 32.1. The molecule has 0 saturated carbocycles. The van der Waals surface area contributed by atoms with Crippen LogP contribution < -0.4 is 5.32 Å². The summed E-state index contributed by atoms with van der Waals surface area (Å²) in [6.45, 7) is 0.832. The number of anilines is 1. The van der Waals surface area contributed by atoms with E-state index >= 15 is 0 Å². The summed E-state index contributed by atoms with van der Waals surface area (Å²) in [6, 6.07) is 22.5. The van der Waals surface area contributed by atoms with E-state index in [4.69, 9.17) is 15.1 Å². The second-order valence-electron chi connectivity index (χ2n) is 5.96. The van der Waals surface area contributed by atoms with Gasteiger partial charge in [0.25, 0.3) is 0 Å². The van der Waals surface area contributed by atoms with Crippen molar-refractivity contribution in [2.45, 2.75) is 6.42 Å². The number of aromatic nitrogens is 2. The van der Waals surface area contributed by atoms with E-state index in [0.717, 1.165) is 21.6 Å². The molecule has 0 unspecified atom stereocenters. The van der Waals surface area contributed by atoms with Gasteiger partial charge in [-0.05, 0) is 18.1 Å². The lowest BCUT2D eigenvalue weighted by molar-refractivity contribution is 0.292. The summed E-state index contributed by atoms with van der Waals surface area (Å²) in [7, 11) is 0. The number of hydrogen-bond acceptors (Lipinski definition) is 5. The molecule has 2 aromatic heterocycles. The lowest BCUT2D eigenvalue weighted by Gasteiger charge is -2.08. The quantitative estimate of drug-likeness (QED) is 0.484. The SMILES string of the molecule is OCCCNc1nc(-c2ccccc2)nc2sc(-c3ccccc3)cc12. The van der Waals surface area contributed by atoms with Gasteiger partial charge in [-0.1, -0.05) is 60.7 Å². The molecule has 0 aliphatic carbocycles. The molecule has 5 heteroatoms. The van der Waals surface area contributed by atoms with E-state index in [-0.39, 0.29) is 6.61 Å². The van der Waals surface area contributed by atoms with E-state index in [1.54, 1.807) is 11.3 Å². The molecule has 0 aliphatic heterocycles. The second kappa shape index (κ2) is 7.64. The normalized spacial score (nSPS) is 11.0. The zero-order valence-electron chi connectivity index (χ0n) is 14.2. The van der Waals surface area contributed by atoms with Crippen molar-refractivity contribution in [1.82, 2.24) is 9.97 Å². The summed E-state index contributed by atoms with van der Waals surface area (Å²) >= 11 is 1.67. The van der Waals surface area contributed by atoms with Crippen LogP contribution in [-0.2, 0) is 0 Å². The largest absolute Gasteiger partial charge is 0.396 e. The van der Waals surface area contributed by atoms with Crippen molar-refractivity contribution in [3.63, 3.8) is 0 Å². The van der Waals surface area contributed by atoms with E-state index in [1.165, 1.54) is 10.4 Å². The highest BCUT2D eigenvalue weighted by Crippen LogP contribution is 2.36. The number of rotatable bonds is 6. The van der Waals surface area contributed by atoms with Crippen LogP contribution in [0.5, 0.6) is 0 Å². The molecular weight excluding hydrogens is 342 g/mol. The van der Waals surface area contributed by atoms with E-state index in [1.807, 2.05) is 48.5 Å². The third-order valence-electron chi connectivity index (χ3n) is 4.11. The number of aliphatic hydroxyl groups is 1. The Labute approximate surface area is 156 Å². The van der Waals surface area contributed by atoms with Crippen LogP contribution in [0, 0.1) is 0 Å². The number of nitrogens with one attached hydrogen (secondary N) is 1. The third kappa shape index (κ3) is 3.45. The first-order valence-corrected chi connectivity index (χ1v) is 9.44. The molecular formula is C21H19N3OS. The molecule has 0 saturated heterocycles. The van der Waals surface area contributed by atoms with E-state index in [0.29, 0.717) is 18.8 Å². The van der Waals surface area contributed by atoms with Crippen LogP contribution in [0.1, 0.15) is 6.42 Å². The van der Waals surface area contributed by atoms with Gasteiger partial charge in [0.15, 0.2) is 5.82 Å². The van der Waals surface area contributed by atoms with E-state index in [9.17, 15) is 0 Å². The van der Waals surface area contributed by atoms with Gasteiger partial charge >= 0.3 is 0 Å². The molecule has 4 aromatic rings. The molecule has 26 heavy (non-hydrogen) atoms. The Morgan fingerprint density at radius 3 is 2.27 bits per heavy atom.